The molecule has 54 valence electrons. The molecule has 0 radical (unpaired) electrons. The molecular weight excluding hydrogens is 120 g/mol. The van der Waals surface area contributed by atoms with Gasteiger partial charge < -0.3 is 14.9 Å². The average Bonchev–Trinajstić information content (AvgIpc) is 1.82. The van der Waals surface area contributed by atoms with Crippen molar-refractivity contribution in [1.82, 2.24) is 0 Å². The number of rotatable bonds is 3. The van der Waals surface area contributed by atoms with E-state index >= 15 is 0 Å². The molecule has 3 heteroatoms. The van der Waals surface area contributed by atoms with E-state index in [1.54, 1.807) is 13.0 Å². The molecule has 3 nitrogen and oxygen atoms in total. The second-order valence-electron chi connectivity index (χ2n) is 1.74. The zero-order valence-electron chi connectivity index (χ0n) is 5.61. The lowest BCUT2D eigenvalue weighted by Gasteiger charge is -2.11. The fourth-order valence-corrected chi connectivity index (χ4v) is 0.273. The molecule has 2 atom stereocenters. The zero-order chi connectivity index (χ0) is 7.28. The molecule has 0 spiro atoms. The third kappa shape index (κ3) is 4.00. The highest BCUT2D eigenvalue weighted by atomic mass is 16.6. The second-order valence-corrected chi connectivity index (χ2v) is 1.74. The Bertz CT molecular complexity index is 88.3. The van der Waals surface area contributed by atoms with Crippen molar-refractivity contribution in [3.8, 4) is 0 Å². The van der Waals surface area contributed by atoms with E-state index in [-0.39, 0.29) is 0 Å². The summed E-state index contributed by atoms with van der Waals surface area (Å²) in [6.45, 7) is 3.21. The van der Waals surface area contributed by atoms with Crippen molar-refractivity contribution in [3.05, 3.63) is 12.3 Å². The van der Waals surface area contributed by atoms with Gasteiger partial charge in [0, 0.05) is 0 Å². The normalized spacial score (nSPS) is 17.8. The van der Waals surface area contributed by atoms with Crippen LogP contribution in [0.15, 0.2) is 12.3 Å². The summed E-state index contributed by atoms with van der Waals surface area (Å²) in [5.41, 5.74) is 0. The summed E-state index contributed by atoms with van der Waals surface area (Å²) in [6, 6.07) is 0. The van der Waals surface area contributed by atoms with E-state index in [4.69, 9.17) is 10.2 Å². The maximum Gasteiger partial charge on any atom is 0.222 e. The standard InChI is InChI=1S/C6H12O3/c1-3-4-9-6(8)5(2)7/h3-8H,1-2H3. The molecular formula is C6H12O3. The highest BCUT2D eigenvalue weighted by molar-refractivity contribution is 4.66. The van der Waals surface area contributed by atoms with Crippen LogP contribution in [-0.2, 0) is 4.74 Å². The van der Waals surface area contributed by atoms with Gasteiger partial charge in [0.2, 0.25) is 6.29 Å². The van der Waals surface area contributed by atoms with Crippen molar-refractivity contribution >= 4 is 0 Å². The number of allylic oxidation sites excluding steroid dienone is 1. The summed E-state index contributed by atoms with van der Waals surface area (Å²) in [7, 11) is 0. The molecule has 0 aliphatic rings. The molecule has 0 heterocycles. The molecule has 0 aromatic rings. The highest BCUT2D eigenvalue weighted by Crippen LogP contribution is 1.93. The molecule has 0 bridgehead atoms. The minimum Gasteiger partial charge on any atom is -0.470 e. The van der Waals surface area contributed by atoms with Crippen LogP contribution < -0.4 is 0 Å². The number of aliphatic hydroxyl groups is 2. The predicted molar refractivity (Wildman–Crippen MR) is 33.6 cm³/mol. The van der Waals surface area contributed by atoms with Gasteiger partial charge in [-0.05, 0) is 13.8 Å². The number of ether oxygens (including phenoxy) is 1. The van der Waals surface area contributed by atoms with Gasteiger partial charge in [-0.3, -0.25) is 0 Å². The third-order valence-corrected chi connectivity index (χ3v) is 0.767. The van der Waals surface area contributed by atoms with Crippen molar-refractivity contribution in [2.24, 2.45) is 0 Å². The molecule has 0 amide bonds. The van der Waals surface area contributed by atoms with Crippen LogP contribution in [0.25, 0.3) is 0 Å². The molecule has 0 aliphatic heterocycles. The van der Waals surface area contributed by atoms with Gasteiger partial charge in [0.15, 0.2) is 0 Å². The van der Waals surface area contributed by atoms with Crippen LogP contribution in [0.3, 0.4) is 0 Å². The van der Waals surface area contributed by atoms with E-state index in [9.17, 15) is 0 Å². The molecule has 2 unspecified atom stereocenters. The molecule has 0 aromatic heterocycles. The molecule has 2 N–H and O–H groups in total. The quantitative estimate of drug-likeness (QED) is 0.427. The average molecular weight is 132 g/mol. The Morgan fingerprint density at radius 2 is 2.00 bits per heavy atom. The summed E-state index contributed by atoms with van der Waals surface area (Å²) < 4.78 is 4.58. The van der Waals surface area contributed by atoms with Gasteiger partial charge in [-0.2, -0.15) is 0 Å². The Balaban J connectivity index is 3.38. The molecule has 0 fully saturated rings. The second kappa shape index (κ2) is 4.35. The summed E-state index contributed by atoms with van der Waals surface area (Å²) >= 11 is 0. The minimum atomic E-state index is -1.11. The van der Waals surface area contributed by atoms with E-state index in [1.165, 1.54) is 13.2 Å². The monoisotopic (exact) mass is 132 g/mol. The van der Waals surface area contributed by atoms with Crippen molar-refractivity contribution in [3.63, 3.8) is 0 Å². The van der Waals surface area contributed by atoms with Crippen LogP contribution in [0.5, 0.6) is 0 Å². The van der Waals surface area contributed by atoms with Gasteiger partial charge in [-0.15, -0.1) is 0 Å². The van der Waals surface area contributed by atoms with Crippen LogP contribution in [0.4, 0.5) is 0 Å². The van der Waals surface area contributed by atoms with E-state index < -0.39 is 12.4 Å². The van der Waals surface area contributed by atoms with Gasteiger partial charge in [-0.1, -0.05) is 6.08 Å². The minimum absolute atomic E-state index is 0.846. The van der Waals surface area contributed by atoms with Crippen molar-refractivity contribution in [1.29, 1.82) is 0 Å². The van der Waals surface area contributed by atoms with Gasteiger partial charge in [0.1, 0.15) is 6.10 Å². The van der Waals surface area contributed by atoms with Gasteiger partial charge in [-0.25, -0.2) is 0 Å². The maximum absolute atomic E-state index is 8.73. The largest absolute Gasteiger partial charge is 0.470 e. The molecule has 0 aromatic carbocycles. The Kier molecular flexibility index (Phi) is 4.09. The Labute approximate surface area is 54.6 Å². The van der Waals surface area contributed by atoms with Crippen LogP contribution in [0.1, 0.15) is 13.8 Å². The van der Waals surface area contributed by atoms with Gasteiger partial charge >= 0.3 is 0 Å². The first kappa shape index (κ1) is 8.46. The Hall–Kier alpha value is -0.540. The van der Waals surface area contributed by atoms with Crippen molar-refractivity contribution in [2.45, 2.75) is 26.2 Å². The number of hydrogen-bond donors (Lipinski definition) is 2. The van der Waals surface area contributed by atoms with E-state index in [2.05, 4.69) is 4.74 Å². The molecule has 0 aliphatic carbocycles. The lowest BCUT2D eigenvalue weighted by atomic mass is 10.4. The lowest BCUT2D eigenvalue weighted by Crippen LogP contribution is -2.23. The highest BCUT2D eigenvalue weighted by Gasteiger charge is 2.08. The maximum atomic E-state index is 8.73. The van der Waals surface area contributed by atoms with Crippen LogP contribution in [0.2, 0.25) is 0 Å². The lowest BCUT2D eigenvalue weighted by molar-refractivity contribution is -0.121. The molecule has 0 rings (SSSR count). The van der Waals surface area contributed by atoms with Crippen LogP contribution >= 0.6 is 0 Å². The number of aliphatic hydroxyl groups excluding tert-OH is 2. The van der Waals surface area contributed by atoms with Gasteiger partial charge in [0.25, 0.3) is 0 Å². The topological polar surface area (TPSA) is 49.7 Å². The fourth-order valence-electron chi connectivity index (χ4n) is 0.273. The van der Waals surface area contributed by atoms with Crippen molar-refractivity contribution in [2.75, 3.05) is 0 Å². The predicted octanol–water partition coefficient (Wildman–Crippen LogP) is 0.236. The molecule has 9 heavy (non-hydrogen) atoms. The zero-order valence-corrected chi connectivity index (χ0v) is 5.61. The first-order valence-electron chi connectivity index (χ1n) is 2.81. The van der Waals surface area contributed by atoms with Gasteiger partial charge in [0.05, 0.1) is 6.26 Å². The van der Waals surface area contributed by atoms with Crippen molar-refractivity contribution < 1.29 is 14.9 Å². The van der Waals surface area contributed by atoms with E-state index in [1.807, 2.05) is 0 Å². The summed E-state index contributed by atoms with van der Waals surface area (Å²) in [6.07, 6.45) is 1.01. The van der Waals surface area contributed by atoms with Crippen LogP contribution in [0, 0.1) is 0 Å². The number of hydrogen-bond acceptors (Lipinski definition) is 3. The Morgan fingerprint density at radius 1 is 1.44 bits per heavy atom. The summed E-state index contributed by atoms with van der Waals surface area (Å²) in [5, 5.41) is 17.4. The summed E-state index contributed by atoms with van der Waals surface area (Å²) in [5.74, 6) is 0. The molecule has 0 saturated carbocycles. The van der Waals surface area contributed by atoms with E-state index in [0.29, 0.717) is 0 Å². The third-order valence-electron chi connectivity index (χ3n) is 0.767. The first-order chi connectivity index (χ1) is 4.18. The smallest absolute Gasteiger partial charge is 0.222 e. The summed E-state index contributed by atoms with van der Waals surface area (Å²) in [4.78, 5) is 0. The molecule has 0 saturated heterocycles. The SMILES string of the molecule is CC=COC(O)C(C)O. The first-order valence-corrected chi connectivity index (χ1v) is 2.81. The Morgan fingerprint density at radius 3 is 2.33 bits per heavy atom. The van der Waals surface area contributed by atoms with E-state index in [0.717, 1.165) is 0 Å². The van der Waals surface area contributed by atoms with Crippen LogP contribution in [-0.4, -0.2) is 22.6 Å². The fraction of sp³-hybridized carbons (Fsp3) is 0.667.